The zero-order valence-electron chi connectivity index (χ0n) is 15.5. The fraction of sp³-hybridized carbons (Fsp3) is 0.864. The van der Waals surface area contributed by atoms with E-state index in [1.807, 2.05) is 6.92 Å². The average Bonchev–Trinajstić information content (AvgIpc) is 2.85. The van der Waals surface area contributed by atoms with Crippen LogP contribution in [0.4, 0.5) is 0 Å². The lowest BCUT2D eigenvalue weighted by atomic mass is 9.47. The second-order valence-corrected chi connectivity index (χ2v) is 9.89. The van der Waals surface area contributed by atoms with Crippen LogP contribution in [-0.4, -0.2) is 5.78 Å². The van der Waals surface area contributed by atoms with Crippen molar-refractivity contribution in [1.29, 1.82) is 0 Å². The molecular formula is C22H34O. The van der Waals surface area contributed by atoms with Gasteiger partial charge in [-0.3, -0.25) is 4.79 Å². The third-order valence-corrected chi connectivity index (χ3v) is 8.84. The third kappa shape index (κ3) is 2.14. The van der Waals surface area contributed by atoms with Gasteiger partial charge in [0, 0.05) is 5.92 Å². The van der Waals surface area contributed by atoms with E-state index in [9.17, 15) is 4.79 Å². The molecule has 1 unspecified atom stereocenters. The highest BCUT2D eigenvalue weighted by atomic mass is 16.1. The molecule has 1 heteroatoms. The lowest BCUT2D eigenvalue weighted by Gasteiger charge is -2.58. The number of ketones is 1. The predicted octanol–water partition coefficient (Wildman–Crippen LogP) is 5.79. The normalized spacial score (nSPS) is 52.2. The second kappa shape index (κ2) is 5.20. The molecule has 4 rings (SSSR count). The largest absolute Gasteiger partial charge is 0.300 e. The van der Waals surface area contributed by atoms with Crippen LogP contribution >= 0.6 is 0 Å². The number of allylic oxidation sites excluding steroid dienone is 2. The van der Waals surface area contributed by atoms with E-state index < -0.39 is 0 Å². The Morgan fingerprint density at radius 2 is 1.87 bits per heavy atom. The second-order valence-electron chi connectivity index (χ2n) is 9.89. The van der Waals surface area contributed by atoms with Gasteiger partial charge in [0.05, 0.1) is 0 Å². The molecule has 0 aliphatic heterocycles. The van der Waals surface area contributed by atoms with Crippen LogP contribution in [0, 0.1) is 40.4 Å². The smallest absolute Gasteiger partial charge is 0.133 e. The molecule has 3 saturated carbocycles. The summed E-state index contributed by atoms with van der Waals surface area (Å²) >= 11 is 0. The van der Waals surface area contributed by atoms with Crippen LogP contribution < -0.4 is 0 Å². The molecule has 4 aliphatic carbocycles. The van der Waals surface area contributed by atoms with Crippen LogP contribution in [0.3, 0.4) is 0 Å². The summed E-state index contributed by atoms with van der Waals surface area (Å²) in [6.07, 6.45) is 13.2. The van der Waals surface area contributed by atoms with Crippen molar-refractivity contribution in [1.82, 2.24) is 0 Å². The number of carbonyl (C=O) groups excluding carboxylic acids is 1. The topological polar surface area (TPSA) is 17.1 Å². The van der Waals surface area contributed by atoms with Crippen LogP contribution in [0.2, 0.25) is 0 Å². The summed E-state index contributed by atoms with van der Waals surface area (Å²) in [6.45, 7) is 9.31. The fourth-order valence-electron chi connectivity index (χ4n) is 7.51. The van der Waals surface area contributed by atoms with Gasteiger partial charge in [-0.1, -0.05) is 32.4 Å². The van der Waals surface area contributed by atoms with Crippen molar-refractivity contribution in [3.8, 4) is 0 Å². The molecule has 3 fully saturated rings. The van der Waals surface area contributed by atoms with Gasteiger partial charge in [0.15, 0.2) is 0 Å². The monoisotopic (exact) mass is 314 g/mol. The molecule has 0 amide bonds. The predicted molar refractivity (Wildman–Crippen MR) is 95.0 cm³/mol. The van der Waals surface area contributed by atoms with Crippen LogP contribution in [0.1, 0.15) is 79.1 Å². The van der Waals surface area contributed by atoms with Crippen LogP contribution in [-0.2, 0) is 4.79 Å². The number of fused-ring (bicyclic) bond motifs is 5. The van der Waals surface area contributed by atoms with E-state index in [0.29, 0.717) is 22.5 Å². The molecule has 0 aromatic heterocycles. The van der Waals surface area contributed by atoms with Crippen LogP contribution in [0.5, 0.6) is 0 Å². The van der Waals surface area contributed by atoms with E-state index in [0.717, 1.165) is 30.1 Å². The van der Waals surface area contributed by atoms with Crippen LogP contribution in [0.25, 0.3) is 0 Å². The van der Waals surface area contributed by atoms with Crippen molar-refractivity contribution in [2.75, 3.05) is 0 Å². The molecule has 4 aliphatic rings. The minimum absolute atomic E-state index is 0.302. The minimum Gasteiger partial charge on any atom is -0.300 e. The van der Waals surface area contributed by atoms with Gasteiger partial charge in [-0.05, 0) is 92.8 Å². The first kappa shape index (κ1) is 15.9. The standard InChI is InChI=1S/C22H34O/c1-14-9-11-21(3)16(13-14)5-6-17-19-8-7-18(15(2)23)22(19,4)12-10-20(17)21/h5,14,17-20H,6-13H2,1-4H3/t14?,17-,18+,19-,20-,21-,22+/m0/s1. The molecule has 7 atom stereocenters. The summed E-state index contributed by atoms with van der Waals surface area (Å²) in [5, 5.41) is 0. The van der Waals surface area contributed by atoms with Gasteiger partial charge in [-0.15, -0.1) is 0 Å². The number of carbonyl (C=O) groups is 1. The molecule has 0 heterocycles. The zero-order chi connectivity index (χ0) is 16.4. The van der Waals surface area contributed by atoms with Crippen molar-refractivity contribution in [3.63, 3.8) is 0 Å². The van der Waals surface area contributed by atoms with Crippen molar-refractivity contribution in [3.05, 3.63) is 11.6 Å². The van der Waals surface area contributed by atoms with E-state index in [4.69, 9.17) is 0 Å². The molecule has 1 nitrogen and oxygen atoms in total. The first-order valence-corrected chi connectivity index (χ1v) is 10.1. The molecule has 0 saturated heterocycles. The van der Waals surface area contributed by atoms with Gasteiger partial charge >= 0.3 is 0 Å². The Balaban J connectivity index is 1.66. The zero-order valence-corrected chi connectivity index (χ0v) is 15.5. The summed E-state index contributed by atoms with van der Waals surface area (Å²) in [7, 11) is 0. The molecular weight excluding hydrogens is 280 g/mol. The van der Waals surface area contributed by atoms with Crippen molar-refractivity contribution in [2.45, 2.75) is 79.1 Å². The van der Waals surface area contributed by atoms with Gasteiger partial charge in [0.25, 0.3) is 0 Å². The van der Waals surface area contributed by atoms with E-state index >= 15 is 0 Å². The molecule has 0 aromatic rings. The Bertz CT molecular complexity index is 546. The Hall–Kier alpha value is -0.590. The SMILES string of the molecule is CC(=O)[C@H]1CC[C@H]2[C@@H]3CC=C4CC(C)CC[C@]4(C)[C@H]3CC[C@]12C. The summed E-state index contributed by atoms with van der Waals surface area (Å²) < 4.78 is 0. The van der Waals surface area contributed by atoms with Gasteiger partial charge in [0.2, 0.25) is 0 Å². The fourth-order valence-corrected chi connectivity index (χ4v) is 7.51. The average molecular weight is 315 g/mol. The number of hydrogen-bond acceptors (Lipinski definition) is 1. The molecule has 0 bridgehead atoms. The van der Waals surface area contributed by atoms with E-state index in [2.05, 4.69) is 26.8 Å². The molecule has 23 heavy (non-hydrogen) atoms. The van der Waals surface area contributed by atoms with Crippen molar-refractivity contribution < 1.29 is 4.79 Å². The van der Waals surface area contributed by atoms with Crippen molar-refractivity contribution >= 4 is 5.78 Å². The van der Waals surface area contributed by atoms with E-state index in [1.54, 1.807) is 5.57 Å². The lowest BCUT2D eigenvalue weighted by molar-refractivity contribution is -0.127. The summed E-state index contributed by atoms with van der Waals surface area (Å²) in [6, 6.07) is 0. The quantitative estimate of drug-likeness (QED) is 0.560. The highest BCUT2D eigenvalue weighted by molar-refractivity contribution is 5.79. The first-order chi connectivity index (χ1) is 10.9. The van der Waals surface area contributed by atoms with E-state index in [1.165, 1.54) is 44.9 Å². The molecule has 0 radical (unpaired) electrons. The number of rotatable bonds is 1. The summed E-state index contributed by atoms with van der Waals surface area (Å²) in [5.74, 6) is 4.22. The summed E-state index contributed by atoms with van der Waals surface area (Å²) in [4.78, 5) is 12.2. The Labute approximate surface area is 142 Å². The van der Waals surface area contributed by atoms with Crippen molar-refractivity contribution in [2.24, 2.45) is 40.4 Å². The highest BCUT2D eigenvalue weighted by Crippen LogP contribution is 2.66. The number of Topliss-reactive ketones (excluding diaryl/α,β-unsaturated/α-hetero) is 1. The molecule has 0 N–H and O–H groups in total. The van der Waals surface area contributed by atoms with Gasteiger partial charge in [0.1, 0.15) is 5.78 Å². The molecule has 0 spiro atoms. The molecule has 128 valence electrons. The maximum absolute atomic E-state index is 12.2. The Morgan fingerprint density at radius 1 is 1.09 bits per heavy atom. The first-order valence-electron chi connectivity index (χ1n) is 10.1. The number of hydrogen-bond donors (Lipinski definition) is 0. The van der Waals surface area contributed by atoms with Gasteiger partial charge in [-0.2, -0.15) is 0 Å². The van der Waals surface area contributed by atoms with E-state index in [-0.39, 0.29) is 0 Å². The minimum atomic E-state index is 0.302. The summed E-state index contributed by atoms with van der Waals surface area (Å²) in [5.41, 5.74) is 2.57. The van der Waals surface area contributed by atoms with Gasteiger partial charge in [-0.25, -0.2) is 0 Å². The highest BCUT2D eigenvalue weighted by Gasteiger charge is 2.59. The van der Waals surface area contributed by atoms with Crippen LogP contribution in [0.15, 0.2) is 11.6 Å². The maximum atomic E-state index is 12.2. The maximum Gasteiger partial charge on any atom is 0.133 e. The van der Waals surface area contributed by atoms with Gasteiger partial charge < -0.3 is 0 Å². The Morgan fingerprint density at radius 3 is 2.61 bits per heavy atom. The molecule has 0 aromatic carbocycles. The third-order valence-electron chi connectivity index (χ3n) is 8.84. The Kier molecular flexibility index (Phi) is 3.60. The lowest BCUT2D eigenvalue weighted by Crippen LogP contribution is -2.50.